The Bertz CT molecular complexity index is 675. The van der Waals surface area contributed by atoms with E-state index in [1.54, 1.807) is 24.3 Å². The zero-order valence-corrected chi connectivity index (χ0v) is 14.5. The van der Waals surface area contributed by atoms with Crippen LogP contribution in [0.1, 0.15) is 56.9 Å². The van der Waals surface area contributed by atoms with Gasteiger partial charge in [-0.15, -0.1) is 0 Å². The van der Waals surface area contributed by atoms with Crippen LogP contribution in [0.5, 0.6) is 0 Å². The van der Waals surface area contributed by atoms with Crippen LogP contribution >= 0.6 is 0 Å². The Morgan fingerprint density at radius 3 is 2.39 bits per heavy atom. The molecule has 0 aromatic heterocycles. The molecule has 2 atom stereocenters. The molecule has 0 amide bonds. The molecule has 2 aliphatic rings. The molecule has 2 aliphatic carbocycles. The standard InChI is InChI=1S/C18H25NO3S/c1-14-8-10-15(11-9-14)23(21,22)19-16-6-2-4-12-18(16)13-5-3-7-17(18)20/h8-11,16,19H,2-7,12-13H2,1H3/t16-,18-/m0/s1. The molecule has 0 heterocycles. The Morgan fingerprint density at radius 2 is 1.70 bits per heavy atom. The Labute approximate surface area is 138 Å². The van der Waals surface area contributed by atoms with E-state index < -0.39 is 15.4 Å². The maximum absolute atomic E-state index is 12.7. The summed E-state index contributed by atoms with van der Waals surface area (Å²) in [6.45, 7) is 1.93. The van der Waals surface area contributed by atoms with Gasteiger partial charge in [0.05, 0.1) is 4.90 Å². The molecular formula is C18H25NO3S. The Morgan fingerprint density at radius 1 is 1.04 bits per heavy atom. The quantitative estimate of drug-likeness (QED) is 0.921. The van der Waals surface area contributed by atoms with Crippen LogP contribution in [0.15, 0.2) is 29.2 Å². The van der Waals surface area contributed by atoms with E-state index in [2.05, 4.69) is 4.72 Å². The van der Waals surface area contributed by atoms with Gasteiger partial charge < -0.3 is 0 Å². The zero-order chi connectivity index (χ0) is 16.5. The molecule has 1 aromatic carbocycles. The number of Topliss-reactive ketones (excluding diaryl/α,β-unsaturated/α-hetero) is 1. The maximum atomic E-state index is 12.7. The van der Waals surface area contributed by atoms with E-state index in [4.69, 9.17) is 0 Å². The Balaban J connectivity index is 1.87. The lowest BCUT2D eigenvalue weighted by Gasteiger charge is -2.45. The van der Waals surface area contributed by atoms with E-state index in [-0.39, 0.29) is 16.7 Å². The zero-order valence-electron chi connectivity index (χ0n) is 13.7. The number of ketones is 1. The SMILES string of the molecule is Cc1ccc(S(=O)(=O)N[C@H]2CCCC[C@]23CCCCC3=O)cc1. The average Bonchev–Trinajstić information content (AvgIpc) is 2.52. The Hall–Kier alpha value is -1.20. The van der Waals surface area contributed by atoms with Crippen molar-refractivity contribution in [2.24, 2.45) is 5.41 Å². The van der Waals surface area contributed by atoms with Crippen LogP contribution in [-0.4, -0.2) is 20.2 Å². The smallest absolute Gasteiger partial charge is 0.240 e. The summed E-state index contributed by atoms with van der Waals surface area (Å²) in [6, 6.07) is 6.62. The Kier molecular flexibility index (Phi) is 4.61. The lowest BCUT2D eigenvalue weighted by Crippen LogP contribution is -2.54. The average molecular weight is 335 g/mol. The fourth-order valence-electron chi connectivity index (χ4n) is 4.13. The topological polar surface area (TPSA) is 63.2 Å². The maximum Gasteiger partial charge on any atom is 0.240 e. The summed E-state index contributed by atoms with van der Waals surface area (Å²) >= 11 is 0. The number of benzene rings is 1. The molecule has 4 nitrogen and oxygen atoms in total. The number of rotatable bonds is 3. The first-order valence-corrected chi connectivity index (χ1v) is 10.0. The van der Waals surface area contributed by atoms with E-state index in [0.29, 0.717) is 6.42 Å². The van der Waals surface area contributed by atoms with Gasteiger partial charge in [-0.2, -0.15) is 0 Å². The third-order valence-corrected chi connectivity index (χ3v) is 6.98. The second-order valence-corrected chi connectivity index (χ2v) is 8.73. The molecule has 0 saturated heterocycles. The summed E-state index contributed by atoms with van der Waals surface area (Å²) in [5, 5.41) is 0. The molecule has 1 N–H and O–H groups in total. The van der Waals surface area contributed by atoms with Crippen molar-refractivity contribution in [1.29, 1.82) is 0 Å². The first kappa shape index (κ1) is 16.7. The first-order valence-electron chi connectivity index (χ1n) is 8.56. The largest absolute Gasteiger partial charge is 0.299 e. The predicted molar refractivity (Wildman–Crippen MR) is 89.7 cm³/mol. The first-order chi connectivity index (χ1) is 10.9. The molecule has 5 heteroatoms. The monoisotopic (exact) mass is 335 g/mol. The van der Waals surface area contributed by atoms with E-state index in [1.807, 2.05) is 6.92 Å². The predicted octanol–water partition coefficient (Wildman–Crippen LogP) is 3.35. The fourth-order valence-corrected chi connectivity index (χ4v) is 5.48. The van der Waals surface area contributed by atoms with E-state index in [0.717, 1.165) is 50.5 Å². The molecule has 126 valence electrons. The van der Waals surface area contributed by atoms with Gasteiger partial charge in [-0.05, 0) is 44.7 Å². The van der Waals surface area contributed by atoms with Crippen molar-refractivity contribution in [3.63, 3.8) is 0 Å². The van der Waals surface area contributed by atoms with Crippen LogP contribution < -0.4 is 4.72 Å². The van der Waals surface area contributed by atoms with Crippen LogP contribution in [0.4, 0.5) is 0 Å². The van der Waals surface area contributed by atoms with Gasteiger partial charge in [0.1, 0.15) is 5.78 Å². The van der Waals surface area contributed by atoms with Crippen molar-refractivity contribution in [3.8, 4) is 0 Å². The third-order valence-electron chi connectivity index (χ3n) is 5.49. The molecule has 2 fully saturated rings. The summed E-state index contributed by atoms with van der Waals surface area (Å²) < 4.78 is 28.3. The molecule has 0 aliphatic heterocycles. The van der Waals surface area contributed by atoms with Crippen molar-refractivity contribution in [2.75, 3.05) is 0 Å². The second-order valence-electron chi connectivity index (χ2n) is 7.02. The molecule has 3 rings (SSSR count). The minimum Gasteiger partial charge on any atom is -0.299 e. The second kappa shape index (κ2) is 6.36. The van der Waals surface area contributed by atoms with Gasteiger partial charge in [0.15, 0.2) is 0 Å². The molecule has 2 saturated carbocycles. The van der Waals surface area contributed by atoms with Gasteiger partial charge in [0, 0.05) is 17.9 Å². The number of sulfonamides is 1. The van der Waals surface area contributed by atoms with Crippen LogP contribution in [0.3, 0.4) is 0 Å². The highest BCUT2D eigenvalue weighted by atomic mass is 32.2. The van der Waals surface area contributed by atoms with Crippen molar-refractivity contribution < 1.29 is 13.2 Å². The summed E-state index contributed by atoms with van der Waals surface area (Å²) in [6.07, 6.45) is 6.98. The van der Waals surface area contributed by atoms with Crippen LogP contribution in [-0.2, 0) is 14.8 Å². The highest BCUT2D eigenvalue weighted by molar-refractivity contribution is 7.89. The number of carbonyl (C=O) groups excluding carboxylic acids is 1. The van der Waals surface area contributed by atoms with Crippen LogP contribution in [0, 0.1) is 12.3 Å². The van der Waals surface area contributed by atoms with Gasteiger partial charge in [0.25, 0.3) is 0 Å². The van der Waals surface area contributed by atoms with E-state index in [9.17, 15) is 13.2 Å². The van der Waals surface area contributed by atoms with Gasteiger partial charge in [-0.25, -0.2) is 13.1 Å². The van der Waals surface area contributed by atoms with Crippen LogP contribution in [0.25, 0.3) is 0 Å². The number of carbonyl (C=O) groups is 1. The molecule has 0 unspecified atom stereocenters. The lowest BCUT2D eigenvalue weighted by molar-refractivity contribution is -0.134. The summed E-state index contributed by atoms with van der Waals surface area (Å²) in [5.41, 5.74) is 0.564. The van der Waals surface area contributed by atoms with Crippen LogP contribution in [0.2, 0.25) is 0 Å². The van der Waals surface area contributed by atoms with E-state index in [1.165, 1.54) is 0 Å². The van der Waals surface area contributed by atoms with E-state index >= 15 is 0 Å². The number of hydrogen-bond donors (Lipinski definition) is 1. The molecule has 1 spiro atoms. The van der Waals surface area contributed by atoms with Crippen molar-refractivity contribution >= 4 is 15.8 Å². The summed E-state index contributed by atoms with van der Waals surface area (Å²) in [5.74, 6) is 0.264. The number of nitrogens with one attached hydrogen (secondary N) is 1. The minimum atomic E-state index is -3.58. The molecular weight excluding hydrogens is 310 g/mol. The van der Waals surface area contributed by atoms with Gasteiger partial charge in [-0.3, -0.25) is 4.79 Å². The van der Waals surface area contributed by atoms with Gasteiger partial charge in [0.2, 0.25) is 10.0 Å². The molecule has 23 heavy (non-hydrogen) atoms. The lowest BCUT2D eigenvalue weighted by atomic mass is 9.62. The van der Waals surface area contributed by atoms with Gasteiger partial charge in [-0.1, -0.05) is 37.0 Å². The third kappa shape index (κ3) is 3.22. The van der Waals surface area contributed by atoms with Crippen molar-refractivity contribution in [3.05, 3.63) is 29.8 Å². The highest BCUT2D eigenvalue weighted by Gasteiger charge is 2.48. The minimum absolute atomic E-state index is 0.254. The van der Waals surface area contributed by atoms with Crippen molar-refractivity contribution in [1.82, 2.24) is 4.72 Å². The molecule has 0 radical (unpaired) electrons. The summed E-state index contributed by atoms with van der Waals surface area (Å²) in [7, 11) is -3.58. The summed E-state index contributed by atoms with van der Waals surface area (Å²) in [4.78, 5) is 12.9. The number of hydrogen-bond acceptors (Lipinski definition) is 3. The fraction of sp³-hybridized carbons (Fsp3) is 0.611. The molecule has 0 bridgehead atoms. The normalized spacial score (nSPS) is 28.9. The van der Waals surface area contributed by atoms with Gasteiger partial charge >= 0.3 is 0 Å². The van der Waals surface area contributed by atoms with Crippen molar-refractivity contribution in [2.45, 2.75) is 69.2 Å². The molecule has 1 aromatic rings. The highest BCUT2D eigenvalue weighted by Crippen LogP contribution is 2.45. The number of aryl methyl sites for hydroxylation is 1.